The van der Waals surface area contributed by atoms with Crippen LogP contribution in [0, 0.1) is 0 Å². The van der Waals surface area contributed by atoms with E-state index in [1.807, 2.05) is 24.1 Å². The van der Waals surface area contributed by atoms with Crippen LogP contribution in [0.1, 0.15) is 23.3 Å². The fraction of sp³-hybridized carbons (Fsp3) is 0.389. The van der Waals surface area contributed by atoms with Crippen molar-refractivity contribution in [2.45, 2.75) is 25.7 Å². The second-order valence-corrected chi connectivity index (χ2v) is 7.68. The Hall–Kier alpha value is -2.45. The van der Waals surface area contributed by atoms with Gasteiger partial charge in [0.15, 0.2) is 11.4 Å². The van der Waals surface area contributed by atoms with E-state index >= 15 is 0 Å². The summed E-state index contributed by atoms with van der Waals surface area (Å²) in [6.07, 6.45) is 6.25. The Morgan fingerprint density at radius 1 is 1.31 bits per heavy atom. The van der Waals surface area contributed by atoms with Crippen molar-refractivity contribution in [3.8, 4) is 11.6 Å². The first-order valence-electron chi connectivity index (χ1n) is 8.83. The molecule has 1 N–H and O–H groups in total. The van der Waals surface area contributed by atoms with E-state index < -0.39 is 0 Å². The van der Waals surface area contributed by atoms with Gasteiger partial charge in [0.2, 0.25) is 11.8 Å². The molecule has 1 aliphatic carbocycles. The number of fused-ring (bicyclic) bond motifs is 5. The second-order valence-electron chi connectivity index (χ2n) is 6.60. The number of thiophene rings is 1. The van der Waals surface area contributed by atoms with Crippen molar-refractivity contribution in [2.75, 3.05) is 25.1 Å². The van der Waals surface area contributed by atoms with Gasteiger partial charge in [-0.15, -0.1) is 16.4 Å². The Morgan fingerprint density at radius 3 is 3.00 bits per heavy atom. The van der Waals surface area contributed by atoms with Crippen LogP contribution in [-0.2, 0) is 12.8 Å². The molecule has 0 atom stereocenters. The van der Waals surface area contributed by atoms with Crippen molar-refractivity contribution >= 4 is 33.1 Å². The van der Waals surface area contributed by atoms with Crippen LogP contribution in [-0.4, -0.2) is 44.9 Å². The number of aliphatic hydroxyl groups is 1. The zero-order valence-corrected chi connectivity index (χ0v) is 15.3. The average Bonchev–Trinajstić information content (AvgIpc) is 3.37. The highest BCUT2D eigenvalue weighted by Crippen LogP contribution is 2.38. The fourth-order valence-electron chi connectivity index (χ4n) is 3.62. The van der Waals surface area contributed by atoms with Gasteiger partial charge in [0.1, 0.15) is 4.83 Å². The lowest BCUT2D eigenvalue weighted by Crippen LogP contribution is -2.25. The first-order chi connectivity index (χ1) is 12.8. The van der Waals surface area contributed by atoms with E-state index in [2.05, 4.69) is 5.10 Å². The van der Waals surface area contributed by atoms with E-state index in [0.717, 1.165) is 28.7 Å². The van der Waals surface area contributed by atoms with Gasteiger partial charge in [-0.2, -0.15) is 4.52 Å². The third kappa shape index (κ3) is 2.33. The lowest BCUT2D eigenvalue weighted by Gasteiger charge is -2.17. The number of hydrogen-bond donors (Lipinski definition) is 1. The van der Waals surface area contributed by atoms with Crippen LogP contribution in [0.5, 0.6) is 0 Å². The summed E-state index contributed by atoms with van der Waals surface area (Å²) in [5.41, 5.74) is 2.20. The highest BCUT2D eigenvalue weighted by Gasteiger charge is 2.24. The van der Waals surface area contributed by atoms with Gasteiger partial charge in [-0.1, -0.05) is 0 Å². The number of rotatable bonds is 4. The fourth-order valence-corrected chi connectivity index (χ4v) is 4.87. The minimum absolute atomic E-state index is 0.0540. The molecule has 0 amide bonds. The van der Waals surface area contributed by atoms with E-state index in [0.29, 0.717) is 24.1 Å². The standard InChI is InChI=1S/C18H19N5O2S/c1-22(8-9-24)18-20-17-14(11-5-2-3-7-13(11)26-17)16-19-15(21-23(16)18)12-6-4-10-25-12/h4,6,10,24H,2-3,5,7-9H2,1H3. The third-order valence-electron chi connectivity index (χ3n) is 4.89. The van der Waals surface area contributed by atoms with Crippen LogP contribution in [0.25, 0.3) is 27.4 Å². The van der Waals surface area contributed by atoms with E-state index in [1.165, 1.54) is 23.3 Å². The number of hydrogen-bond acceptors (Lipinski definition) is 7. The van der Waals surface area contributed by atoms with Gasteiger partial charge in [-0.25, -0.2) is 9.97 Å². The summed E-state index contributed by atoms with van der Waals surface area (Å²) >= 11 is 1.77. The molecule has 0 radical (unpaired) electrons. The molecule has 0 saturated carbocycles. The molecule has 4 aromatic rings. The normalized spacial score (nSPS) is 14.2. The van der Waals surface area contributed by atoms with Gasteiger partial charge in [0, 0.05) is 18.5 Å². The highest BCUT2D eigenvalue weighted by molar-refractivity contribution is 7.19. The predicted molar refractivity (Wildman–Crippen MR) is 101 cm³/mol. The molecule has 0 aromatic carbocycles. The number of nitrogens with zero attached hydrogens (tertiary/aromatic N) is 5. The Bertz CT molecular complexity index is 1080. The smallest absolute Gasteiger partial charge is 0.229 e. The molecule has 8 heteroatoms. The first kappa shape index (κ1) is 15.8. The molecule has 134 valence electrons. The Morgan fingerprint density at radius 2 is 2.19 bits per heavy atom. The summed E-state index contributed by atoms with van der Waals surface area (Å²) in [6.45, 7) is 0.535. The Labute approximate surface area is 153 Å². The number of anilines is 1. The number of aliphatic hydroxyl groups excluding tert-OH is 1. The summed E-state index contributed by atoms with van der Waals surface area (Å²) < 4.78 is 7.28. The van der Waals surface area contributed by atoms with Crippen LogP contribution in [0.3, 0.4) is 0 Å². The van der Waals surface area contributed by atoms with Crippen LogP contribution >= 0.6 is 11.3 Å². The molecule has 1 aliphatic rings. The summed E-state index contributed by atoms with van der Waals surface area (Å²) in [7, 11) is 1.91. The van der Waals surface area contributed by atoms with Crippen molar-refractivity contribution < 1.29 is 9.52 Å². The molecule has 4 heterocycles. The quantitative estimate of drug-likeness (QED) is 0.596. The van der Waals surface area contributed by atoms with Gasteiger partial charge in [-0.3, -0.25) is 0 Å². The first-order valence-corrected chi connectivity index (χ1v) is 9.65. The number of furan rings is 1. The van der Waals surface area contributed by atoms with Gasteiger partial charge in [-0.05, 0) is 43.4 Å². The molecule has 0 unspecified atom stereocenters. The van der Waals surface area contributed by atoms with Crippen molar-refractivity contribution in [1.29, 1.82) is 0 Å². The van der Waals surface area contributed by atoms with E-state index in [-0.39, 0.29) is 6.61 Å². The zero-order chi connectivity index (χ0) is 17.7. The van der Waals surface area contributed by atoms with Crippen molar-refractivity contribution in [3.05, 3.63) is 28.8 Å². The van der Waals surface area contributed by atoms with Gasteiger partial charge in [0.25, 0.3) is 0 Å². The summed E-state index contributed by atoms with van der Waals surface area (Å²) in [4.78, 5) is 14.0. The maximum Gasteiger partial charge on any atom is 0.229 e. The highest BCUT2D eigenvalue weighted by atomic mass is 32.1. The third-order valence-corrected chi connectivity index (χ3v) is 6.08. The van der Waals surface area contributed by atoms with Crippen LogP contribution in [0.15, 0.2) is 22.8 Å². The average molecular weight is 369 g/mol. The van der Waals surface area contributed by atoms with E-state index in [4.69, 9.17) is 14.4 Å². The minimum Gasteiger partial charge on any atom is -0.461 e. The van der Waals surface area contributed by atoms with E-state index in [1.54, 1.807) is 22.1 Å². The largest absolute Gasteiger partial charge is 0.461 e. The summed E-state index contributed by atoms with van der Waals surface area (Å²) in [5.74, 6) is 1.88. The number of aromatic nitrogens is 4. The number of likely N-dealkylation sites (N-methyl/N-ethyl adjacent to an activating group) is 1. The van der Waals surface area contributed by atoms with Crippen molar-refractivity contribution in [1.82, 2.24) is 19.6 Å². The summed E-state index contributed by atoms with van der Waals surface area (Å²) in [5, 5.41) is 15.1. The molecule has 0 saturated heterocycles. The lowest BCUT2D eigenvalue weighted by atomic mass is 9.97. The van der Waals surface area contributed by atoms with Crippen LogP contribution < -0.4 is 4.90 Å². The van der Waals surface area contributed by atoms with Gasteiger partial charge in [0.05, 0.1) is 18.3 Å². The molecule has 0 spiro atoms. The molecular weight excluding hydrogens is 350 g/mol. The number of aryl methyl sites for hydroxylation is 2. The minimum atomic E-state index is 0.0540. The Kier molecular flexibility index (Phi) is 3.68. The SMILES string of the molecule is CN(CCO)c1nc2sc3c(c2c2nc(-c4ccco4)nn12)CCCC3. The van der Waals surface area contributed by atoms with Crippen molar-refractivity contribution in [2.24, 2.45) is 0 Å². The van der Waals surface area contributed by atoms with Gasteiger partial charge < -0.3 is 14.4 Å². The molecule has 0 bridgehead atoms. The molecule has 7 nitrogen and oxygen atoms in total. The van der Waals surface area contributed by atoms with Crippen LogP contribution in [0.2, 0.25) is 0 Å². The lowest BCUT2D eigenvalue weighted by molar-refractivity contribution is 0.303. The molecule has 0 fully saturated rings. The topological polar surface area (TPSA) is 79.7 Å². The molecule has 26 heavy (non-hydrogen) atoms. The van der Waals surface area contributed by atoms with Crippen molar-refractivity contribution in [3.63, 3.8) is 0 Å². The molecule has 5 rings (SSSR count). The molecular formula is C18H19N5O2S. The zero-order valence-electron chi connectivity index (χ0n) is 14.5. The van der Waals surface area contributed by atoms with Gasteiger partial charge >= 0.3 is 0 Å². The van der Waals surface area contributed by atoms with Crippen LogP contribution in [0.4, 0.5) is 5.95 Å². The monoisotopic (exact) mass is 369 g/mol. The van der Waals surface area contributed by atoms with E-state index in [9.17, 15) is 5.11 Å². The second kappa shape index (κ2) is 6.07. The molecule has 4 aromatic heterocycles. The maximum atomic E-state index is 9.34. The predicted octanol–water partition coefficient (Wildman–Crippen LogP) is 2.91. The Balaban J connectivity index is 1.83. The summed E-state index contributed by atoms with van der Waals surface area (Å²) in [6, 6.07) is 3.69. The molecule has 0 aliphatic heterocycles. The maximum absolute atomic E-state index is 9.34.